The number of nitrogens with zero attached hydrogens (tertiary/aromatic N) is 1. The topological polar surface area (TPSA) is 48.0 Å². The molecule has 1 atom stereocenters. The van der Waals surface area contributed by atoms with Crippen LogP contribution in [-0.2, 0) is 18.8 Å². The van der Waals surface area contributed by atoms with Gasteiger partial charge in [0.25, 0.3) is 0 Å². The molecule has 2 heterocycles. The maximum atomic E-state index is 11.5. The third-order valence-corrected chi connectivity index (χ3v) is 4.75. The number of ether oxygens (including phenoxy) is 1. The van der Waals surface area contributed by atoms with Crippen LogP contribution in [0.4, 0.5) is 0 Å². The molecule has 0 radical (unpaired) electrons. The molecule has 0 amide bonds. The van der Waals surface area contributed by atoms with Gasteiger partial charge in [-0.25, -0.2) is 0 Å². The van der Waals surface area contributed by atoms with Gasteiger partial charge in [0.1, 0.15) is 6.04 Å². The lowest BCUT2D eigenvalue weighted by Crippen LogP contribution is -2.52. The SMILES string of the molecule is COC(=O)C1CCN1CC/C=C/B1OC(C)(C)C(C)(C)O1. The molecule has 6 heteroatoms. The fourth-order valence-corrected chi connectivity index (χ4v) is 2.53. The van der Waals surface area contributed by atoms with Gasteiger partial charge in [0.15, 0.2) is 0 Å². The minimum Gasteiger partial charge on any atom is -0.468 e. The van der Waals surface area contributed by atoms with Crippen molar-refractivity contribution in [3.05, 3.63) is 12.1 Å². The van der Waals surface area contributed by atoms with Gasteiger partial charge in [-0.05, 0) is 40.5 Å². The van der Waals surface area contributed by atoms with E-state index in [0.717, 1.165) is 25.9 Å². The van der Waals surface area contributed by atoms with Crippen LogP contribution in [0.15, 0.2) is 12.1 Å². The fraction of sp³-hybridized carbons (Fsp3) is 0.800. The van der Waals surface area contributed by atoms with E-state index in [9.17, 15) is 4.79 Å². The summed E-state index contributed by atoms with van der Waals surface area (Å²) in [5.74, 6) is 1.83. The molecule has 0 aromatic carbocycles. The second-order valence-corrected chi connectivity index (χ2v) is 6.71. The number of rotatable bonds is 5. The second kappa shape index (κ2) is 6.11. The lowest BCUT2D eigenvalue weighted by molar-refractivity contribution is -0.151. The van der Waals surface area contributed by atoms with Crippen molar-refractivity contribution in [2.75, 3.05) is 20.2 Å². The summed E-state index contributed by atoms with van der Waals surface area (Å²) in [7, 11) is 1.15. The van der Waals surface area contributed by atoms with E-state index in [0.29, 0.717) is 0 Å². The predicted octanol–water partition coefficient (Wildman–Crippen LogP) is 1.81. The molecule has 2 fully saturated rings. The summed E-state index contributed by atoms with van der Waals surface area (Å²) in [6, 6.07) is -0.0553. The molecule has 0 N–H and O–H groups in total. The zero-order chi connectivity index (χ0) is 15.7. The Kier molecular flexibility index (Phi) is 4.80. The first-order chi connectivity index (χ1) is 9.77. The van der Waals surface area contributed by atoms with Crippen LogP contribution in [0, 0.1) is 0 Å². The Morgan fingerprint density at radius 3 is 2.43 bits per heavy atom. The predicted molar refractivity (Wildman–Crippen MR) is 81.8 cm³/mol. The molecule has 2 rings (SSSR count). The molecular formula is C15H26BNO4. The minimum absolute atomic E-state index is 0.0553. The van der Waals surface area contributed by atoms with Gasteiger partial charge in [0.05, 0.1) is 18.3 Å². The molecule has 0 aliphatic carbocycles. The summed E-state index contributed by atoms with van der Waals surface area (Å²) in [5, 5.41) is 0. The number of esters is 1. The number of carbonyl (C=O) groups is 1. The third kappa shape index (κ3) is 3.50. The Labute approximate surface area is 127 Å². The average molecular weight is 295 g/mol. The van der Waals surface area contributed by atoms with E-state index in [1.165, 1.54) is 7.11 Å². The zero-order valence-corrected chi connectivity index (χ0v) is 13.7. The molecule has 2 saturated heterocycles. The standard InChI is InChI=1S/C15H26BNO4/c1-14(2)15(3,4)21-16(20-14)9-6-7-10-17-11-8-12(17)13(18)19-5/h6,9,12H,7-8,10-11H2,1-5H3/b9-6+. The van der Waals surface area contributed by atoms with Crippen molar-refractivity contribution in [1.82, 2.24) is 4.90 Å². The number of carbonyl (C=O) groups excluding carboxylic acids is 1. The Morgan fingerprint density at radius 1 is 1.33 bits per heavy atom. The van der Waals surface area contributed by atoms with Crippen molar-refractivity contribution < 1.29 is 18.8 Å². The summed E-state index contributed by atoms with van der Waals surface area (Å²) >= 11 is 0. The van der Waals surface area contributed by atoms with Crippen LogP contribution in [0.1, 0.15) is 40.5 Å². The van der Waals surface area contributed by atoms with Gasteiger partial charge in [-0.3, -0.25) is 9.69 Å². The third-order valence-electron chi connectivity index (χ3n) is 4.75. The van der Waals surface area contributed by atoms with Crippen molar-refractivity contribution in [3.8, 4) is 0 Å². The molecule has 0 aromatic heterocycles. The van der Waals surface area contributed by atoms with E-state index in [-0.39, 0.29) is 30.3 Å². The van der Waals surface area contributed by atoms with Crippen molar-refractivity contribution in [3.63, 3.8) is 0 Å². The number of likely N-dealkylation sites (tertiary alicyclic amines) is 1. The lowest BCUT2D eigenvalue weighted by Gasteiger charge is -2.38. The van der Waals surface area contributed by atoms with E-state index in [4.69, 9.17) is 14.0 Å². The van der Waals surface area contributed by atoms with E-state index in [2.05, 4.69) is 11.0 Å². The van der Waals surface area contributed by atoms with Gasteiger partial charge in [-0.1, -0.05) is 12.1 Å². The largest absolute Gasteiger partial charge is 0.486 e. The van der Waals surface area contributed by atoms with Crippen molar-refractivity contribution in [1.29, 1.82) is 0 Å². The minimum atomic E-state index is -0.296. The Bertz CT molecular complexity index is 406. The van der Waals surface area contributed by atoms with Gasteiger partial charge in [0, 0.05) is 13.1 Å². The smallest absolute Gasteiger partial charge is 0.468 e. The van der Waals surface area contributed by atoms with Crippen LogP contribution in [0.2, 0.25) is 0 Å². The molecule has 0 bridgehead atoms. The lowest BCUT2D eigenvalue weighted by atomic mass is 9.89. The maximum absolute atomic E-state index is 11.5. The van der Waals surface area contributed by atoms with E-state index >= 15 is 0 Å². The molecule has 118 valence electrons. The first-order valence-electron chi connectivity index (χ1n) is 7.61. The Balaban J connectivity index is 1.74. The maximum Gasteiger partial charge on any atom is 0.486 e. The summed E-state index contributed by atoms with van der Waals surface area (Å²) in [6.07, 6.45) is 3.83. The van der Waals surface area contributed by atoms with Gasteiger partial charge < -0.3 is 14.0 Å². The molecule has 0 saturated carbocycles. The van der Waals surface area contributed by atoms with Crippen LogP contribution in [0.25, 0.3) is 0 Å². The summed E-state index contributed by atoms with van der Waals surface area (Å²) in [5.41, 5.74) is -0.592. The molecule has 0 spiro atoms. The van der Waals surface area contributed by atoms with Gasteiger partial charge >= 0.3 is 13.1 Å². The fourth-order valence-electron chi connectivity index (χ4n) is 2.53. The zero-order valence-electron chi connectivity index (χ0n) is 13.7. The monoisotopic (exact) mass is 295 g/mol. The van der Waals surface area contributed by atoms with Crippen LogP contribution < -0.4 is 0 Å². The van der Waals surface area contributed by atoms with Gasteiger partial charge in [-0.15, -0.1) is 0 Å². The quantitative estimate of drug-likeness (QED) is 0.572. The highest BCUT2D eigenvalue weighted by Gasteiger charge is 2.49. The average Bonchev–Trinajstić information content (AvgIpc) is 2.55. The second-order valence-electron chi connectivity index (χ2n) is 6.71. The molecule has 0 aromatic rings. The van der Waals surface area contributed by atoms with Crippen LogP contribution >= 0.6 is 0 Å². The van der Waals surface area contributed by atoms with E-state index < -0.39 is 0 Å². The molecular weight excluding hydrogens is 269 g/mol. The Morgan fingerprint density at radius 2 is 1.95 bits per heavy atom. The van der Waals surface area contributed by atoms with Crippen molar-refractivity contribution in [2.45, 2.75) is 57.8 Å². The number of hydrogen-bond donors (Lipinski definition) is 0. The van der Waals surface area contributed by atoms with E-state index in [1.807, 2.05) is 33.7 Å². The first kappa shape index (κ1) is 16.5. The molecule has 2 aliphatic heterocycles. The van der Waals surface area contributed by atoms with Crippen LogP contribution in [-0.4, -0.2) is 55.4 Å². The first-order valence-corrected chi connectivity index (χ1v) is 7.61. The molecule has 2 aliphatic rings. The number of methoxy groups -OCH3 is 1. The van der Waals surface area contributed by atoms with Crippen molar-refractivity contribution in [2.24, 2.45) is 0 Å². The molecule has 21 heavy (non-hydrogen) atoms. The normalized spacial score (nSPS) is 27.9. The highest BCUT2D eigenvalue weighted by Crippen LogP contribution is 2.36. The van der Waals surface area contributed by atoms with Crippen LogP contribution in [0.3, 0.4) is 0 Å². The number of hydrogen-bond acceptors (Lipinski definition) is 5. The summed E-state index contributed by atoms with van der Waals surface area (Å²) < 4.78 is 16.6. The molecule has 1 unspecified atom stereocenters. The van der Waals surface area contributed by atoms with E-state index in [1.54, 1.807) is 0 Å². The highest BCUT2D eigenvalue weighted by molar-refractivity contribution is 6.51. The molecule has 5 nitrogen and oxygen atoms in total. The highest BCUT2D eigenvalue weighted by atomic mass is 16.7. The summed E-state index contributed by atoms with van der Waals surface area (Å²) in [6.45, 7) is 9.99. The Hall–Kier alpha value is -0.845. The van der Waals surface area contributed by atoms with Gasteiger partial charge in [0.2, 0.25) is 0 Å². The van der Waals surface area contributed by atoms with Gasteiger partial charge in [-0.2, -0.15) is 0 Å². The van der Waals surface area contributed by atoms with Crippen molar-refractivity contribution >= 4 is 13.1 Å². The van der Waals surface area contributed by atoms with Crippen LogP contribution in [0.5, 0.6) is 0 Å². The summed E-state index contributed by atoms with van der Waals surface area (Å²) in [4.78, 5) is 13.6.